The molecule has 2 rings (SSSR count). The number of benzene rings is 1. The van der Waals surface area contributed by atoms with Gasteiger partial charge in [-0.05, 0) is 6.92 Å². The Labute approximate surface area is 88.0 Å². The van der Waals surface area contributed by atoms with E-state index < -0.39 is 0 Å². The predicted molar refractivity (Wildman–Crippen MR) is 59.7 cm³/mol. The molecule has 0 atom stereocenters. The number of aromatic nitrogens is 2. The van der Waals surface area contributed by atoms with Crippen molar-refractivity contribution in [1.82, 2.24) is 9.55 Å². The highest BCUT2D eigenvalue weighted by Crippen LogP contribution is 2.14. The van der Waals surface area contributed by atoms with E-state index in [9.17, 15) is 4.79 Å². The van der Waals surface area contributed by atoms with Crippen LogP contribution in [0.2, 0.25) is 0 Å². The fraction of sp³-hybridized carbons (Fsp3) is 0.167. The van der Waals surface area contributed by atoms with Crippen LogP contribution in [0.15, 0.2) is 41.5 Å². The Bertz CT molecular complexity index is 526. The summed E-state index contributed by atoms with van der Waals surface area (Å²) < 4.78 is 1.46. The van der Waals surface area contributed by atoms with E-state index in [1.165, 1.54) is 16.5 Å². The molecule has 0 amide bonds. The van der Waals surface area contributed by atoms with Crippen LogP contribution in [0, 0.1) is 6.92 Å². The first-order chi connectivity index (χ1) is 7.16. The molecule has 2 aromatic rings. The minimum absolute atomic E-state index is 0.0411. The summed E-state index contributed by atoms with van der Waals surface area (Å²) >= 11 is 0. The molecule has 15 heavy (non-hydrogen) atoms. The fourth-order valence-electron chi connectivity index (χ4n) is 1.34. The van der Waals surface area contributed by atoms with Crippen LogP contribution >= 0.6 is 0 Å². The summed E-state index contributed by atoms with van der Waals surface area (Å²) in [4.78, 5) is 15.6. The van der Waals surface area contributed by atoms with E-state index in [1.807, 2.05) is 31.2 Å². The van der Waals surface area contributed by atoms with Gasteiger partial charge in [-0.3, -0.25) is 4.79 Å². The minimum atomic E-state index is -0.0411. The standard InChI is InChI=1S/C12H12N2O/c1-9-3-5-10(6-4-9)11-7-12(15)14(2)8-13-11/h3-8H,1-2H3. The van der Waals surface area contributed by atoms with Crippen LogP contribution in [0.25, 0.3) is 11.3 Å². The lowest BCUT2D eigenvalue weighted by Gasteiger charge is -2.02. The number of aryl methyl sites for hydroxylation is 2. The van der Waals surface area contributed by atoms with Gasteiger partial charge in [-0.1, -0.05) is 29.8 Å². The van der Waals surface area contributed by atoms with Gasteiger partial charge in [-0.25, -0.2) is 4.98 Å². The van der Waals surface area contributed by atoms with E-state index in [0.717, 1.165) is 11.3 Å². The molecule has 0 aliphatic rings. The Kier molecular flexibility index (Phi) is 2.37. The second kappa shape index (κ2) is 3.69. The minimum Gasteiger partial charge on any atom is -0.302 e. The number of nitrogens with zero attached hydrogens (tertiary/aromatic N) is 2. The molecule has 0 saturated heterocycles. The highest BCUT2D eigenvalue weighted by molar-refractivity contribution is 5.58. The first-order valence-corrected chi connectivity index (χ1v) is 4.76. The topological polar surface area (TPSA) is 34.9 Å². The maximum atomic E-state index is 11.4. The molecule has 1 aromatic heterocycles. The molecule has 0 aliphatic carbocycles. The molecule has 1 aromatic carbocycles. The summed E-state index contributed by atoms with van der Waals surface area (Å²) in [6.45, 7) is 2.03. The first-order valence-electron chi connectivity index (χ1n) is 4.76. The van der Waals surface area contributed by atoms with Crippen LogP contribution in [0.1, 0.15) is 5.56 Å². The molecule has 1 heterocycles. The molecule has 0 bridgehead atoms. The summed E-state index contributed by atoms with van der Waals surface area (Å²) in [5, 5.41) is 0. The van der Waals surface area contributed by atoms with Crippen molar-refractivity contribution in [1.29, 1.82) is 0 Å². The monoisotopic (exact) mass is 200 g/mol. The van der Waals surface area contributed by atoms with Crippen LogP contribution in [-0.4, -0.2) is 9.55 Å². The van der Waals surface area contributed by atoms with Crippen molar-refractivity contribution in [2.75, 3.05) is 0 Å². The van der Waals surface area contributed by atoms with Crippen molar-refractivity contribution in [2.45, 2.75) is 6.92 Å². The Balaban J connectivity index is 2.50. The van der Waals surface area contributed by atoms with Gasteiger partial charge in [-0.2, -0.15) is 0 Å². The third kappa shape index (κ3) is 1.96. The van der Waals surface area contributed by atoms with Gasteiger partial charge in [-0.15, -0.1) is 0 Å². The van der Waals surface area contributed by atoms with Crippen LogP contribution in [0.5, 0.6) is 0 Å². The zero-order valence-corrected chi connectivity index (χ0v) is 8.77. The van der Waals surface area contributed by atoms with Crippen LogP contribution < -0.4 is 5.56 Å². The lowest BCUT2D eigenvalue weighted by atomic mass is 10.1. The Morgan fingerprint density at radius 1 is 1.20 bits per heavy atom. The molecule has 0 aliphatic heterocycles. The van der Waals surface area contributed by atoms with Crippen molar-refractivity contribution in [3.8, 4) is 11.3 Å². The molecular weight excluding hydrogens is 188 g/mol. The Hall–Kier alpha value is -1.90. The summed E-state index contributed by atoms with van der Waals surface area (Å²) in [5.41, 5.74) is 2.85. The number of hydrogen-bond acceptors (Lipinski definition) is 2. The van der Waals surface area contributed by atoms with Gasteiger partial charge in [0.1, 0.15) is 0 Å². The smallest absolute Gasteiger partial charge is 0.253 e. The Morgan fingerprint density at radius 3 is 2.47 bits per heavy atom. The molecule has 0 saturated carbocycles. The quantitative estimate of drug-likeness (QED) is 0.703. The predicted octanol–water partition coefficient (Wildman–Crippen LogP) is 1.76. The number of hydrogen-bond donors (Lipinski definition) is 0. The highest BCUT2D eigenvalue weighted by atomic mass is 16.1. The zero-order valence-electron chi connectivity index (χ0n) is 8.77. The summed E-state index contributed by atoms with van der Waals surface area (Å²) in [6.07, 6.45) is 1.54. The molecule has 0 fully saturated rings. The second-order valence-corrected chi connectivity index (χ2v) is 3.59. The lowest BCUT2D eigenvalue weighted by molar-refractivity contribution is 0.826. The largest absolute Gasteiger partial charge is 0.302 e. The van der Waals surface area contributed by atoms with Crippen molar-refractivity contribution in [3.05, 3.63) is 52.6 Å². The molecular formula is C12H12N2O. The van der Waals surface area contributed by atoms with Crippen LogP contribution in [-0.2, 0) is 7.05 Å². The van der Waals surface area contributed by atoms with Crippen LogP contribution in [0.3, 0.4) is 0 Å². The van der Waals surface area contributed by atoms with Crippen molar-refractivity contribution in [3.63, 3.8) is 0 Å². The molecule has 0 N–H and O–H groups in total. The fourth-order valence-corrected chi connectivity index (χ4v) is 1.34. The molecule has 0 radical (unpaired) electrons. The van der Waals surface area contributed by atoms with Crippen LogP contribution in [0.4, 0.5) is 0 Å². The van der Waals surface area contributed by atoms with E-state index in [1.54, 1.807) is 13.1 Å². The molecule has 3 heteroatoms. The summed E-state index contributed by atoms with van der Waals surface area (Å²) in [6, 6.07) is 9.50. The third-order valence-corrected chi connectivity index (χ3v) is 2.33. The van der Waals surface area contributed by atoms with Gasteiger partial charge in [0.15, 0.2) is 0 Å². The van der Waals surface area contributed by atoms with Gasteiger partial charge in [0.2, 0.25) is 0 Å². The van der Waals surface area contributed by atoms with E-state index in [2.05, 4.69) is 4.98 Å². The normalized spacial score (nSPS) is 10.3. The van der Waals surface area contributed by atoms with Gasteiger partial charge in [0.05, 0.1) is 12.0 Å². The highest BCUT2D eigenvalue weighted by Gasteiger charge is 2.00. The first kappa shape index (κ1) is 9.65. The van der Waals surface area contributed by atoms with E-state index in [-0.39, 0.29) is 5.56 Å². The third-order valence-electron chi connectivity index (χ3n) is 2.33. The molecule has 3 nitrogen and oxygen atoms in total. The molecule has 76 valence electrons. The second-order valence-electron chi connectivity index (χ2n) is 3.59. The van der Waals surface area contributed by atoms with Gasteiger partial charge >= 0.3 is 0 Å². The van der Waals surface area contributed by atoms with Crippen molar-refractivity contribution < 1.29 is 0 Å². The average Bonchev–Trinajstić information content (AvgIpc) is 2.23. The van der Waals surface area contributed by atoms with E-state index in [0.29, 0.717) is 0 Å². The van der Waals surface area contributed by atoms with Gasteiger partial charge in [0, 0.05) is 18.7 Å². The average molecular weight is 200 g/mol. The summed E-state index contributed by atoms with van der Waals surface area (Å²) in [5.74, 6) is 0. The Morgan fingerprint density at radius 2 is 1.87 bits per heavy atom. The van der Waals surface area contributed by atoms with E-state index in [4.69, 9.17) is 0 Å². The van der Waals surface area contributed by atoms with Gasteiger partial charge < -0.3 is 4.57 Å². The molecule has 0 unspecified atom stereocenters. The van der Waals surface area contributed by atoms with Crippen molar-refractivity contribution >= 4 is 0 Å². The molecule has 0 spiro atoms. The summed E-state index contributed by atoms with van der Waals surface area (Å²) in [7, 11) is 1.69. The maximum Gasteiger partial charge on any atom is 0.253 e. The lowest BCUT2D eigenvalue weighted by Crippen LogP contribution is -2.15. The van der Waals surface area contributed by atoms with Crippen molar-refractivity contribution in [2.24, 2.45) is 7.05 Å². The maximum absolute atomic E-state index is 11.4. The van der Waals surface area contributed by atoms with Gasteiger partial charge in [0.25, 0.3) is 5.56 Å². The van der Waals surface area contributed by atoms with E-state index >= 15 is 0 Å². The number of rotatable bonds is 1. The zero-order chi connectivity index (χ0) is 10.8. The SMILES string of the molecule is Cc1ccc(-c2cc(=O)n(C)cn2)cc1.